The van der Waals surface area contributed by atoms with Crippen LogP contribution in [0.2, 0.25) is 0 Å². The molecule has 1 aliphatic carbocycles. The normalized spacial score (nSPS) is 22.3. The Morgan fingerprint density at radius 1 is 1.03 bits per heavy atom. The van der Waals surface area contributed by atoms with Gasteiger partial charge in [0.05, 0.1) is 0 Å². The molecule has 1 saturated carbocycles. The highest BCUT2D eigenvalue weighted by Crippen LogP contribution is 2.46. The van der Waals surface area contributed by atoms with Crippen molar-refractivity contribution in [3.05, 3.63) is 71.3 Å². The Morgan fingerprint density at radius 3 is 2.29 bits per heavy atom. The summed E-state index contributed by atoms with van der Waals surface area (Å²) in [6, 6.07) is 17.7. The number of rotatable bonds is 6. The van der Waals surface area contributed by atoms with Crippen molar-refractivity contribution in [1.82, 2.24) is 9.80 Å². The van der Waals surface area contributed by atoms with Crippen molar-refractivity contribution in [1.29, 1.82) is 0 Å². The van der Waals surface area contributed by atoms with Crippen molar-refractivity contribution in [2.75, 3.05) is 19.6 Å². The Hall–Kier alpha value is -2.34. The molecule has 1 unspecified atom stereocenters. The molecule has 0 spiro atoms. The smallest absolute Gasteiger partial charge is 0.331 e. The maximum atomic E-state index is 13.3. The van der Waals surface area contributed by atoms with Crippen molar-refractivity contribution in [2.45, 2.75) is 50.9 Å². The van der Waals surface area contributed by atoms with Crippen molar-refractivity contribution in [3.63, 3.8) is 0 Å². The van der Waals surface area contributed by atoms with Crippen LogP contribution in [0, 0.1) is 12.8 Å². The standard InChI is InChI=1S/C25H29F3N2O/c1-18-7-9-21(10-8-18)22-15-23(22)30(24(31)25(26,27)28)17-20-11-13-29(14-12-20)16-19-5-3-2-4-6-19/h2-10,20,22-23H,11-17H2,1H3/t22?,23-/m0/s1. The molecule has 2 aromatic carbocycles. The molecule has 0 radical (unpaired) electrons. The summed E-state index contributed by atoms with van der Waals surface area (Å²) in [6.45, 7) is 4.73. The lowest BCUT2D eigenvalue weighted by molar-refractivity contribution is -0.187. The molecule has 1 aliphatic heterocycles. The highest BCUT2D eigenvalue weighted by molar-refractivity contribution is 5.82. The lowest BCUT2D eigenvalue weighted by Gasteiger charge is -2.35. The van der Waals surface area contributed by atoms with Crippen LogP contribution in [-0.4, -0.2) is 47.6 Å². The largest absolute Gasteiger partial charge is 0.471 e. The average Bonchev–Trinajstić information content (AvgIpc) is 3.54. The number of aryl methyl sites for hydroxylation is 1. The topological polar surface area (TPSA) is 23.6 Å². The van der Waals surface area contributed by atoms with Gasteiger partial charge in [0.25, 0.3) is 0 Å². The van der Waals surface area contributed by atoms with E-state index in [-0.39, 0.29) is 24.4 Å². The van der Waals surface area contributed by atoms with Gasteiger partial charge < -0.3 is 4.90 Å². The second-order valence-corrected chi connectivity index (χ2v) is 8.98. The first-order chi connectivity index (χ1) is 14.8. The molecule has 1 saturated heterocycles. The number of hydrogen-bond donors (Lipinski definition) is 0. The molecule has 6 heteroatoms. The molecule has 2 atom stereocenters. The maximum Gasteiger partial charge on any atom is 0.471 e. The van der Waals surface area contributed by atoms with Gasteiger partial charge in [-0.2, -0.15) is 13.2 Å². The first kappa shape index (κ1) is 21.9. The molecule has 0 bridgehead atoms. The number of benzene rings is 2. The number of nitrogens with zero attached hydrogens (tertiary/aromatic N) is 2. The summed E-state index contributed by atoms with van der Waals surface area (Å²) in [6.07, 6.45) is -2.58. The van der Waals surface area contributed by atoms with Crippen molar-refractivity contribution in [2.24, 2.45) is 5.92 Å². The minimum atomic E-state index is -4.82. The Balaban J connectivity index is 1.37. The van der Waals surface area contributed by atoms with E-state index in [0.29, 0.717) is 6.42 Å². The Labute approximate surface area is 181 Å². The summed E-state index contributed by atoms with van der Waals surface area (Å²) in [5.74, 6) is -1.57. The lowest BCUT2D eigenvalue weighted by atomic mass is 9.95. The van der Waals surface area contributed by atoms with Crippen LogP contribution in [0.3, 0.4) is 0 Å². The van der Waals surface area contributed by atoms with E-state index in [9.17, 15) is 18.0 Å². The molecule has 2 aromatic rings. The van der Waals surface area contributed by atoms with Gasteiger partial charge in [0.15, 0.2) is 0 Å². The first-order valence-electron chi connectivity index (χ1n) is 11.0. The molecule has 0 N–H and O–H groups in total. The summed E-state index contributed by atoms with van der Waals surface area (Å²) in [5, 5.41) is 0. The number of alkyl halides is 3. The van der Waals surface area contributed by atoms with Gasteiger partial charge in [-0.15, -0.1) is 0 Å². The minimum absolute atomic E-state index is 0.00469. The van der Waals surface area contributed by atoms with Crippen LogP contribution in [0.5, 0.6) is 0 Å². The third-order valence-corrected chi connectivity index (χ3v) is 6.58. The minimum Gasteiger partial charge on any atom is -0.331 e. The zero-order valence-electron chi connectivity index (χ0n) is 17.8. The third kappa shape index (κ3) is 5.48. The van der Waals surface area contributed by atoms with E-state index in [0.717, 1.165) is 48.5 Å². The van der Waals surface area contributed by atoms with Crippen LogP contribution in [-0.2, 0) is 11.3 Å². The Kier molecular flexibility index (Phi) is 6.37. The molecule has 2 fully saturated rings. The highest BCUT2D eigenvalue weighted by atomic mass is 19.4. The van der Waals surface area contributed by atoms with Crippen LogP contribution in [0.4, 0.5) is 13.2 Å². The van der Waals surface area contributed by atoms with Crippen molar-refractivity contribution >= 4 is 5.91 Å². The summed E-state index contributed by atoms with van der Waals surface area (Å²) in [5.41, 5.74) is 3.38. The third-order valence-electron chi connectivity index (χ3n) is 6.58. The quantitative estimate of drug-likeness (QED) is 0.633. The van der Waals surface area contributed by atoms with Crippen molar-refractivity contribution in [3.8, 4) is 0 Å². The molecule has 0 aromatic heterocycles. The van der Waals surface area contributed by atoms with Gasteiger partial charge in [0, 0.05) is 25.0 Å². The Bertz CT molecular complexity index is 874. The molecule has 1 heterocycles. The predicted molar refractivity (Wildman–Crippen MR) is 115 cm³/mol. The fourth-order valence-corrected chi connectivity index (χ4v) is 4.68. The van der Waals surface area contributed by atoms with E-state index in [4.69, 9.17) is 0 Å². The van der Waals surface area contributed by atoms with E-state index in [1.807, 2.05) is 49.4 Å². The SMILES string of the molecule is Cc1ccc(C2C[C@@H]2N(CC2CCN(Cc3ccccc3)CC2)C(=O)C(F)(F)F)cc1. The molecule has 4 rings (SSSR count). The summed E-state index contributed by atoms with van der Waals surface area (Å²) in [7, 11) is 0. The van der Waals surface area contributed by atoms with Crippen molar-refractivity contribution < 1.29 is 18.0 Å². The van der Waals surface area contributed by atoms with Gasteiger partial charge in [0.1, 0.15) is 0 Å². The van der Waals surface area contributed by atoms with Gasteiger partial charge in [-0.3, -0.25) is 9.69 Å². The van der Waals surface area contributed by atoms with E-state index >= 15 is 0 Å². The zero-order chi connectivity index (χ0) is 22.0. The number of hydrogen-bond acceptors (Lipinski definition) is 2. The fraction of sp³-hybridized carbons (Fsp3) is 0.480. The monoisotopic (exact) mass is 430 g/mol. The molecule has 1 amide bonds. The van der Waals surface area contributed by atoms with Crippen LogP contribution >= 0.6 is 0 Å². The van der Waals surface area contributed by atoms with Crippen LogP contribution in [0.15, 0.2) is 54.6 Å². The van der Waals surface area contributed by atoms with E-state index in [1.54, 1.807) is 0 Å². The number of carbonyl (C=O) groups is 1. The first-order valence-corrected chi connectivity index (χ1v) is 11.0. The zero-order valence-corrected chi connectivity index (χ0v) is 17.8. The number of piperidine rings is 1. The van der Waals surface area contributed by atoms with Crippen LogP contribution in [0.1, 0.15) is 41.9 Å². The Morgan fingerprint density at radius 2 is 1.68 bits per heavy atom. The molecular weight excluding hydrogens is 401 g/mol. The second-order valence-electron chi connectivity index (χ2n) is 8.98. The van der Waals surface area contributed by atoms with E-state index in [2.05, 4.69) is 17.0 Å². The summed E-state index contributed by atoms with van der Waals surface area (Å²) < 4.78 is 40.0. The second kappa shape index (κ2) is 9.03. The van der Waals surface area contributed by atoms with Gasteiger partial charge in [0.2, 0.25) is 0 Å². The predicted octanol–water partition coefficient (Wildman–Crippen LogP) is 5.15. The molecular formula is C25H29F3N2O. The molecule has 166 valence electrons. The highest BCUT2D eigenvalue weighted by Gasteiger charge is 2.52. The van der Waals surface area contributed by atoms with Gasteiger partial charge in [-0.05, 0) is 56.3 Å². The maximum absolute atomic E-state index is 13.3. The molecule has 2 aliphatic rings. The van der Waals surface area contributed by atoms with E-state index in [1.165, 1.54) is 5.56 Å². The lowest BCUT2D eigenvalue weighted by Crippen LogP contribution is -2.47. The van der Waals surface area contributed by atoms with E-state index < -0.39 is 12.1 Å². The van der Waals surface area contributed by atoms with Crippen LogP contribution in [0.25, 0.3) is 0 Å². The van der Waals surface area contributed by atoms with Gasteiger partial charge in [-0.1, -0.05) is 60.2 Å². The van der Waals surface area contributed by atoms with Crippen LogP contribution < -0.4 is 0 Å². The fourth-order valence-electron chi connectivity index (χ4n) is 4.68. The number of amides is 1. The van der Waals surface area contributed by atoms with Gasteiger partial charge >= 0.3 is 12.1 Å². The number of carbonyl (C=O) groups excluding carboxylic acids is 1. The summed E-state index contributed by atoms with van der Waals surface area (Å²) >= 11 is 0. The number of likely N-dealkylation sites (tertiary alicyclic amines) is 1. The number of halogens is 3. The molecule has 31 heavy (non-hydrogen) atoms. The average molecular weight is 431 g/mol. The molecule has 3 nitrogen and oxygen atoms in total. The van der Waals surface area contributed by atoms with Gasteiger partial charge in [-0.25, -0.2) is 0 Å². The summed E-state index contributed by atoms with van der Waals surface area (Å²) in [4.78, 5) is 15.7.